The summed E-state index contributed by atoms with van der Waals surface area (Å²) >= 11 is 0. The van der Waals surface area contributed by atoms with Gasteiger partial charge < -0.3 is 31.5 Å². The van der Waals surface area contributed by atoms with E-state index >= 15 is 0 Å². The molecule has 0 aromatic heterocycles. The predicted octanol–water partition coefficient (Wildman–Crippen LogP) is 1.67. The van der Waals surface area contributed by atoms with Crippen LogP contribution in [0.1, 0.15) is 31.4 Å². The third-order valence-electron chi connectivity index (χ3n) is 6.72. The van der Waals surface area contributed by atoms with Gasteiger partial charge in [0.2, 0.25) is 11.8 Å². The molecule has 10 heteroatoms. The maximum atomic E-state index is 13.1. The summed E-state index contributed by atoms with van der Waals surface area (Å²) in [6, 6.07) is 17.9. The Bertz CT molecular complexity index is 1390. The lowest BCUT2D eigenvalue weighted by molar-refractivity contribution is -0.132. The van der Waals surface area contributed by atoms with Crippen LogP contribution >= 0.6 is 0 Å². The predicted molar refractivity (Wildman–Crippen MR) is 149 cm³/mol. The molecule has 1 aliphatic rings. The molecule has 0 bridgehead atoms. The van der Waals surface area contributed by atoms with Crippen LogP contribution in [0.5, 0.6) is 5.75 Å². The van der Waals surface area contributed by atoms with Crippen molar-refractivity contribution in [2.45, 2.75) is 57.5 Å². The zero-order chi connectivity index (χ0) is 28.8. The van der Waals surface area contributed by atoms with E-state index in [9.17, 15) is 24.3 Å². The highest BCUT2D eigenvalue weighted by Crippen LogP contribution is 2.24. The van der Waals surface area contributed by atoms with Gasteiger partial charge in [-0.1, -0.05) is 68.4 Å². The molecule has 210 valence electrons. The van der Waals surface area contributed by atoms with Crippen molar-refractivity contribution in [1.82, 2.24) is 16.0 Å². The van der Waals surface area contributed by atoms with Crippen LogP contribution in [0.3, 0.4) is 0 Å². The first-order valence-electron chi connectivity index (χ1n) is 13.2. The lowest BCUT2D eigenvalue weighted by Crippen LogP contribution is -2.54. The quantitative estimate of drug-likeness (QED) is 0.217. The van der Waals surface area contributed by atoms with Gasteiger partial charge in [-0.3, -0.25) is 19.2 Å². The van der Waals surface area contributed by atoms with Crippen LogP contribution < -0.4 is 21.7 Å². The topological polar surface area (TPSA) is 163 Å². The normalized spacial score (nSPS) is 17.6. The first kappa shape index (κ1) is 28.6. The molecule has 40 heavy (non-hydrogen) atoms. The number of carbonyl (C=O) groups is 4. The van der Waals surface area contributed by atoms with Crippen molar-refractivity contribution in [3.05, 3.63) is 77.9 Å². The second-order valence-corrected chi connectivity index (χ2v) is 10.4. The number of carbonyl (C=O) groups excluding carboxylic acids is 4. The Balaban J connectivity index is 1.33. The smallest absolute Gasteiger partial charge is 0.253 e. The summed E-state index contributed by atoms with van der Waals surface area (Å²) in [6.45, 7) is 4.07. The van der Waals surface area contributed by atoms with Gasteiger partial charge in [-0.05, 0) is 46.4 Å². The summed E-state index contributed by atoms with van der Waals surface area (Å²) in [4.78, 5) is 50.7. The van der Waals surface area contributed by atoms with Crippen molar-refractivity contribution in [1.29, 1.82) is 0 Å². The minimum Gasteiger partial charge on any atom is -0.508 e. The van der Waals surface area contributed by atoms with E-state index in [4.69, 9.17) is 10.5 Å². The average Bonchev–Trinajstić information content (AvgIpc) is 3.73. The largest absolute Gasteiger partial charge is 0.508 e. The van der Waals surface area contributed by atoms with Gasteiger partial charge in [0.15, 0.2) is 12.2 Å². The molecular weight excluding hydrogens is 512 g/mol. The Labute approximate surface area is 232 Å². The lowest BCUT2D eigenvalue weighted by Gasteiger charge is -2.23. The minimum absolute atomic E-state index is 0.0417. The third-order valence-corrected chi connectivity index (χ3v) is 6.72. The second-order valence-electron chi connectivity index (χ2n) is 10.4. The molecule has 0 unspecified atom stereocenters. The lowest BCUT2D eigenvalue weighted by atomic mass is 10.0. The molecule has 1 fully saturated rings. The molecule has 4 amide bonds. The van der Waals surface area contributed by atoms with Crippen LogP contribution in [0.2, 0.25) is 0 Å². The number of hydrogen-bond donors (Lipinski definition) is 5. The molecule has 0 saturated carbocycles. The number of nitrogens with one attached hydrogen (secondary N) is 3. The van der Waals surface area contributed by atoms with Crippen LogP contribution in [0.15, 0.2) is 66.7 Å². The van der Waals surface area contributed by atoms with E-state index in [-0.39, 0.29) is 24.6 Å². The number of phenols is 1. The fourth-order valence-corrected chi connectivity index (χ4v) is 4.56. The molecule has 3 aromatic carbocycles. The average molecular weight is 547 g/mol. The van der Waals surface area contributed by atoms with Crippen molar-refractivity contribution in [3.63, 3.8) is 0 Å². The third kappa shape index (κ3) is 7.35. The van der Waals surface area contributed by atoms with Gasteiger partial charge in [-0.25, -0.2) is 0 Å². The summed E-state index contributed by atoms with van der Waals surface area (Å²) in [7, 11) is 0. The maximum Gasteiger partial charge on any atom is 0.253 e. The fourth-order valence-electron chi connectivity index (χ4n) is 4.56. The molecule has 10 nitrogen and oxygen atoms in total. The summed E-state index contributed by atoms with van der Waals surface area (Å²) in [5.41, 5.74) is 7.15. The second kappa shape index (κ2) is 12.6. The first-order valence-corrected chi connectivity index (χ1v) is 13.2. The Morgan fingerprint density at radius 2 is 1.55 bits per heavy atom. The van der Waals surface area contributed by atoms with E-state index < -0.39 is 47.9 Å². The van der Waals surface area contributed by atoms with Crippen LogP contribution in [0.25, 0.3) is 10.8 Å². The Hall–Kier alpha value is -4.44. The Morgan fingerprint density at radius 3 is 2.25 bits per heavy atom. The van der Waals surface area contributed by atoms with E-state index in [1.807, 2.05) is 56.3 Å². The van der Waals surface area contributed by atoms with E-state index in [0.717, 1.165) is 16.3 Å². The molecule has 1 aliphatic heterocycles. The number of ether oxygens (including phenoxy) is 1. The molecule has 4 rings (SSSR count). The van der Waals surface area contributed by atoms with Crippen LogP contribution in [0, 0.1) is 5.92 Å². The van der Waals surface area contributed by atoms with Gasteiger partial charge in [0.25, 0.3) is 11.8 Å². The van der Waals surface area contributed by atoms with Crippen molar-refractivity contribution in [2.24, 2.45) is 11.7 Å². The van der Waals surface area contributed by atoms with Crippen molar-refractivity contribution < 1.29 is 29.0 Å². The van der Waals surface area contributed by atoms with E-state index in [1.54, 1.807) is 12.1 Å². The number of rotatable bonds is 12. The van der Waals surface area contributed by atoms with E-state index in [2.05, 4.69) is 16.0 Å². The fraction of sp³-hybridized carbons (Fsp3) is 0.333. The number of nitrogens with two attached hydrogens (primary N) is 1. The molecule has 1 saturated heterocycles. The van der Waals surface area contributed by atoms with Gasteiger partial charge in [0.05, 0.1) is 0 Å². The summed E-state index contributed by atoms with van der Waals surface area (Å²) in [5.74, 6) is -2.18. The monoisotopic (exact) mass is 546 g/mol. The van der Waals surface area contributed by atoms with Gasteiger partial charge in [-0.15, -0.1) is 0 Å². The first-order chi connectivity index (χ1) is 19.1. The van der Waals surface area contributed by atoms with Gasteiger partial charge >= 0.3 is 0 Å². The number of amides is 4. The Kier molecular flexibility index (Phi) is 9.00. The standard InChI is InChI=1S/C30H34N4O6/c1-17(2)14-24(28(37)33-23(27(31)36)15-18-10-12-21(35)13-11-18)34-30(39)26-25(40-26)29(38)32-16-20-8-5-7-19-6-3-4-9-22(19)20/h3-13,17,23-26,35H,14-16H2,1-2H3,(H2,31,36)(H,32,38)(H,33,37)(H,34,39)/t23-,24-,25-,26-/m0/s1. The highest BCUT2D eigenvalue weighted by atomic mass is 16.6. The molecule has 4 atom stereocenters. The molecular formula is C30H34N4O6. The molecule has 1 heterocycles. The number of epoxide rings is 1. The zero-order valence-corrected chi connectivity index (χ0v) is 22.4. The number of hydrogen-bond acceptors (Lipinski definition) is 6. The SMILES string of the molecule is CC(C)C[C@H](NC(=O)[C@H]1O[C@@H]1C(=O)NCc1cccc2ccccc12)C(=O)N[C@@H](Cc1ccc(O)cc1)C(N)=O. The summed E-state index contributed by atoms with van der Waals surface area (Å²) in [5, 5.41) is 19.7. The summed E-state index contributed by atoms with van der Waals surface area (Å²) in [6.07, 6.45) is -1.55. The highest BCUT2D eigenvalue weighted by Gasteiger charge is 2.51. The molecule has 0 radical (unpaired) electrons. The van der Waals surface area contributed by atoms with Crippen molar-refractivity contribution in [2.75, 3.05) is 0 Å². The van der Waals surface area contributed by atoms with E-state index in [0.29, 0.717) is 12.0 Å². The maximum absolute atomic E-state index is 13.1. The summed E-state index contributed by atoms with van der Waals surface area (Å²) < 4.78 is 5.36. The number of aromatic hydroxyl groups is 1. The highest BCUT2D eigenvalue weighted by molar-refractivity contribution is 5.98. The number of phenolic OH excluding ortho intramolecular Hbond substituents is 1. The van der Waals surface area contributed by atoms with Crippen LogP contribution in [-0.2, 0) is 36.9 Å². The van der Waals surface area contributed by atoms with Crippen molar-refractivity contribution in [3.8, 4) is 5.75 Å². The molecule has 0 aliphatic carbocycles. The molecule has 3 aromatic rings. The zero-order valence-electron chi connectivity index (χ0n) is 22.4. The van der Waals surface area contributed by atoms with Crippen LogP contribution in [-0.4, -0.2) is 53.0 Å². The molecule has 0 spiro atoms. The van der Waals surface area contributed by atoms with Crippen LogP contribution in [0.4, 0.5) is 0 Å². The van der Waals surface area contributed by atoms with Gasteiger partial charge in [0, 0.05) is 13.0 Å². The minimum atomic E-state index is -1.02. The van der Waals surface area contributed by atoms with Gasteiger partial charge in [-0.2, -0.15) is 0 Å². The number of primary amides is 1. The number of benzene rings is 3. The van der Waals surface area contributed by atoms with E-state index in [1.165, 1.54) is 12.1 Å². The van der Waals surface area contributed by atoms with Crippen molar-refractivity contribution >= 4 is 34.4 Å². The number of fused-ring (bicyclic) bond motifs is 1. The molecule has 6 N–H and O–H groups in total. The van der Waals surface area contributed by atoms with Gasteiger partial charge in [0.1, 0.15) is 17.8 Å². The Morgan fingerprint density at radius 1 is 0.875 bits per heavy atom.